The molecule has 20 heavy (non-hydrogen) atoms. The molecule has 4 heteroatoms. The Morgan fingerprint density at radius 3 is 3.15 bits per heavy atom. The normalized spacial score (nSPS) is 31.6. The van der Waals surface area contributed by atoms with Gasteiger partial charge in [0.15, 0.2) is 0 Å². The van der Waals surface area contributed by atoms with E-state index in [1.165, 1.54) is 42.9 Å². The van der Waals surface area contributed by atoms with Gasteiger partial charge in [-0.05, 0) is 56.2 Å². The first kappa shape index (κ1) is 14.4. The Balaban J connectivity index is 1.60. The van der Waals surface area contributed by atoms with E-state index in [1.807, 2.05) is 12.4 Å². The molecular formula is C16H25N3S. The lowest BCUT2D eigenvalue weighted by molar-refractivity contribution is 0.267. The third-order valence-corrected chi connectivity index (χ3v) is 5.84. The van der Waals surface area contributed by atoms with Gasteiger partial charge in [-0.2, -0.15) is 11.8 Å². The highest BCUT2D eigenvalue weighted by molar-refractivity contribution is 7.99. The van der Waals surface area contributed by atoms with Crippen molar-refractivity contribution < 1.29 is 0 Å². The molecule has 0 radical (unpaired) electrons. The fraction of sp³-hybridized carbons (Fsp3) is 0.688. The quantitative estimate of drug-likeness (QED) is 0.923. The van der Waals surface area contributed by atoms with Gasteiger partial charge in [-0.15, -0.1) is 0 Å². The van der Waals surface area contributed by atoms with Gasteiger partial charge in [0.25, 0.3) is 0 Å². The fourth-order valence-electron chi connectivity index (χ4n) is 3.54. The predicted octanol–water partition coefficient (Wildman–Crippen LogP) is 2.56. The third-order valence-electron chi connectivity index (χ3n) is 4.63. The van der Waals surface area contributed by atoms with Crippen molar-refractivity contribution in [3.63, 3.8) is 0 Å². The molecule has 3 rings (SSSR count). The van der Waals surface area contributed by atoms with Gasteiger partial charge in [0.2, 0.25) is 0 Å². The summed E-state index contributed by atoms with van der Waals surface area (Å²) in [5, 5.41) is 3.82. The second-order valence-corrected chi connectivity index (χ2v) is 7.23. The molecule has 0 bridgehead atoms. The molecule has 0 saturated carbocycles. The van der Waals surface area contributed by atoms with Crippen molar-refractivity contribution >= 4 is 11.8 Å². The maximum atomic E-state index is 4.30. The van der Waals surface area contributed by atoms with Crippen molar-refractivity contribution in [2.45, 2.75) is 31.3 Å². The Morgan fingerprint density at radius 1 is 1.45 bits per heavy atom. The SMILES string of the molecule is CN1CC[C@@H](CN[C@H]2CCCSC2)[C@@H]1c1cccnc1. The molecule has 0 amide bonds. The highest BCUT2D eigenvalue weighted by Gasteiger charge is 2.33. The van der Waals surface area contributed by atoms with E-state index in [-0.39, 0.29) is 0 Å². The van der Waals surface area contributed by atoms with Gasteiger partial charge in [0.05, 0.1) is 0 Å². The van der Waals surface area contributed by atoms with Gasteiger partial charge in [-0.1, -0.05) is 6.07 Å². The summed E-state index contributed by atoms with van der Waals surface area (Å²) in [7, 11) is 2.24. The molecule has 2 saturated heterocycles. The third kappa shape index (κ3) is 3.35. The number of rotatable bonds is 4. The van der Waals surface area contributed by atoms with Crippen molar-refractivity contribution in [2.75, 3.05) is 31.6 Å². The van der Waals surface area contributed by atoms with Crippen LogP contribution >= 0.6 is 11.8 Å². The minimum absolute atomic E-state index is 0.535. The average molecular weight is 291 g/mol. The van der Waals surface area contributed by atoms with Crippen LogP contribution in [0, 0.1) is 5.92 Å². The maximum Gasteiger partial charge on any atom is 0.0401 e. The van der Waals surface area contributed by atoms with E-state index in [0.29, 0.717) is 6.04 Å². The van der Waals surface area contributed by atoms with Crippen LogP contribution in [0.15, 0.2) is 24.5 Å². The zero-order chi connectivity index (χ0) is 13.8. The zero-order valence-electron chi connectivity index (χ0n) is 12.3. The summed E-state index contributed by atoms with van der Waals surface area (Å²) >= 11 is 2.10. The first-order valence-electron chi connectivity index (χ1n) is 7.76. The Labute approximate surface area is 126 Å². The predicted molar refractivity (Wildman–Crippen MR) is 86.1 cm³/mol. The van der Waals surface area contributed by atoms with E-state index in [2.05, 4.69) is 46.1 Å². The average Bonchev–Trinajstić information content (AvgIpc) is 2.88. The molecule has 0 spiro atoms. The number of thioether (sulfide) groups is 1. The minimum atomic E-state index is 0.535. The largest absolute Gasteiger partial charge is 0.313 e. The second kappa shape index (κ2) is 6.92. The summed E-state index contributed by atoms with van der Waals surface area (Å²) < 4.78 is 0. The molecule has 1 aromatic rings. The number of nitrogens with zero attached hydrogens (tertiary/aromatic N) is 2. The fourth-order valence-corrected chi connectivity index (χ4v) is 4.64. The Hall–Kier alpha value is -0.580. The van der Waals surface area contributed by atoms with Crippen molar-refractivity contribution in [3.8, 4) is 0 Å². The topological polar surface area (TPSA) is 28.2 Å². The van der Waals surface area contributed by atoms with Crippen LogP contribution in [0.5, 0.6) is 0 Å². The standard InChI is InChI=1S/C16H25N3S/c1-19-8-6-14(11-18-15-5-3-9-20-12-15)16(19)13-4-2-7-17-10-13/h2,4,7,10,14-16,18H,3,5-6,8-9,11-12H2,1H3/t14-,15-,16-/m0/s1. The summed E-state index contributed by atoms with van der Waals surface area (Å²) in [6.45, 7) is 2.35. The lowest BCUT2D eigenvalue weighted by Gasteiger charge is -2.28. The van der Waals surface area contributed by atoms with Gasteiger partial charge in [-0.25, -0.2) is 0 Å². The van der Waals surface area contributed by atoms with E-state index in [1.54, 1.807) is 0 Å². The van der Waals surface area contributed by atoms with Crippen LogP contribution in [0.2, 0.25) is 0 Å². The van der Waals surface area contributed by atoms with Gasteiger partial charge >= 0.3 is 0 Å². The van der Waals surface area contributed by atoms with E-state index in [0.717, 1.165) is 18.5 Å². The van der Waals surface area contributed by atoms with E-state index < -0.39 is 0 Å². The van der Waals surface area contributed by atoms with Crippen LogP contribution in [0.1, 0.15) is 30.9 Å². The van der Waals surface area contributed by atoms with Crippen LogP contribution in [0.3, 0.4) is 0 Å². The van der Waals surface area contributed by atoms with Crippen molar-refractivity contribution in [1.29, 1.82) is 0 Å². The summed E-state index contributed by atoms with van der Waals surface area (Å²) in [4.78, 5) is 6.78. The molecule has 0 aliphatic carbocycles. The first-order valence-corrected chi connectivity index (χ1v) is 8.91. The van der Waals surface area contributed by atoms with E-state index in [4.69, 9.17) is 0 Å². The monoisotopic (exact) mass is 291 g/mol. The van der Waals surface area contributed by atoms with Crippen molar-refractivity contribution in [1.82, 2.24) is 15.2 Å². The van der Waals surface area contributed by atoms with Crippen LogP contribution < -0.4 is 5.32 Å². The molecular weight excluding hydrogens is 266 g/mol. The number of hydrogen-bond acceptors (Lipinski definition) is 4. The van der Waals surface area contributed by atoms with E-state index >= 15 is 0 Å². The highest BCUT2D eigenvalue weighted by atomic mass is 32.2. The Morgan fingerprint density at radius 2 is 2.40 bits per heavy atom. The Kier molecular flexibility index (Phi) is 4.97. The Bertz CT molecular complexity index is 405. The van der Waals surface area contributed by atoms with Crippen LogP contribution in [0.4, 0.5) is 0 Å². The molecule has 110 valence electrons. The molecule has 0 aromatic carbocycles. The maximum absolute atomic E-state index is 4.30. The van der Waals surface area contributed by atoms with Crippen LogP contribution in [0.25, 0.3) is 0 Å². The summed E-state index contributed by atoms with van der Waals surface area (Å²) in [5.74, 6) is 3.36. The molecule has 0 unspecified atom stereocenters. The molecule has 3 atom stereocenters. The van der Waals surface area contributed by atoms with Crippen molar-refractivity contribution in [2.24, 2.45) is 5.92 Å². The second-order valence-electron chi connectivity index (χ2n) is 6.08. The van der Waals surface area contributed by atoms with Crippen LogP contribution in [-0.2, 0) is 0 Å². The first-order chi connectivity index (χ1) is 9.84. The molecule has 3 heterocycles. The number of nitrogens with one attached hydrogen (secondary N) is 1. The molecule has 2 fully saturated rings. The molecule has 3 nitrogen and oxygen atoms in total. The number of pyridine rings is 1. The zero-order valence-corrected chi connectivity index (χ0v) is 13.1. The smallest absolute Gasteiger partial charge is 0.0401 e. The lowest BCUT2D eigenvalue weighted by Crippen LogP contribution is -2.38. The van der Waals surface area contributed by atoms with Gasteiger partial charge in [0, 0.05) is 36.8 Å². The lowest BCUT2D eigenvalue weighted by atomic mass is 9.94. The van der Waals surface area contributed by atoms with Gasteiger partial charge in [0.1, 0.15) is 0 Å². The summed E-state index contributed by atoms with van der Waals surface area (Å²) in [5.41, 5.74) is 1.37. The highest BCUT2D eigenvalue weighted by Crippen LogP contribution is 2.35. The van der Waals surface area contributed by atoms with E-state index in [9.17, 15) is 0 Å². The van der Waals surface area contributed by atoms with Crippen molar-refractivity contribution in [3.05, 3.63) is 30.1 Å². The summed E-state index contributed by atoms with van der Waals surface area (Å²) in [6, 6.07) is 5.55. The molecule has 1 N–H and O–H groups in total. The number of aromatic nitrogens is 1. The van der Waals surface area contributed by atoms with Gasteiger partial charge in [-0.3, -0.25) is 9.88 Å². The summed E-state index contributed by atoms with van der Waals surface area (Å²) in [6.07, 6.45) is 7.93. The minimum Gasteiger partial charge on any atom is -0.313 e. The van der Waals surface area contributed by atoms with Crippen LogP contribution in [-0.4, -0.2) is 47.6 Å². The number of likely N-dealkylation sites (tertiary alicyclic amines) is 1. The molecule has 1 aromatic heterocycles. The molecule has 2 aliphatic rings. The molecule has 2 aliphatic heterocycles. The van der Waals surface area contributed by atoms with Gasteiger partial charge < -0.3 is 5.32 Å². The number of hydrogen-bond donors (Lipinski definition) is 1.